The first-order valence-corrected chi connectivity index (χ1v) is 35.8. The molecule has 6 nitrogen and oxygen atoms in total. The van der Waals surface area contributed by atoms with E-state index in [9.17, 15) is 0 Å². The molecule has 17 aromatic rings. The highest BCUT2D eigenvalue weighted by Crippen LogP contribution is 2.54. The van der Waals surface area contributed by atoms with Gasteiger partial charge < -0.3 is 29.7 Å². The van der Waals surface area contributed by atoms with Gasteiger partial charge in [0.25, 0.3) is 13.4 Å². The summed E-state index contributed by atoms with van der Waals surface area (Å²) in [5.41, 5.74) is 26.8. The Kier molecular flexibility index (Phi) is 12.9. The summed E-state index contributed by atoms with van der Waals surface area (Å²) in [6, 6.07) is 126. The summed E-state index contributed by atoms with van der Waals surface area (Å²) in [7, 11) is 0. The average Bonchev–Trinajstić information content (AvgIpc) is 0.800. The van der Waals surface area contributed by atoms with Gasteiger partial charge in [-0.3, -0.25) is 0 Å². The third-order valence-electron chi connectivity index (χ3n) is 20.8. The molecule has 0 spiro atoms. The quantitative estimate of drug-likeness (QED) is 0.138. The molecule has 0 atom stereocenters. The second-order valence-electron chi connectivity index (χ2n) is 26.3. The Morgan fingerprint density at radius 1 is 0.310 bits per heavy atom. The fourth-order valence-electron chi connectivity index (χ4n) is 16.6. The van der Waals surface area contributed by atoms with Crippen LogP contribution < -0.4 is 62.4 Å². The highest BCUT2D eigenvalue weighted by molar-refractivity contribution is 7.27. The molecule has 2 aromatic heterocycles. The van der Waals surface area contributed by atoms with Crippen LogP contribution in [0.2, 0.25) is 0 Å². The molecular weight excluding hydrogens is 1250 g/mol. The van der Waals surface area contributed by atoms with Crippen molar-refractivity contribution >= 4 is 189 Å². The SMILES string of the molecule is c1ccc(Nc2c(-c3cc4c5c(c3)N(c3ccccc3)c3cc6c(cc3B5c3ccccc3O4)B3c4ccccc4N(c4ccccc4)c4cc(N(c5ccccc5)c5cccc7c5sc5ccccc57)cc(c43)N6c3ccccc3-c3ccccc3)ccc3c2sc2ccccc23)cc1. The highest BCUT2D eigenvalue weighted by Gasteiger charge is 2.49. The molecule has 1 N–H and O–H groups in total. The molecule has 100 heavy (non-hydrogen) atoms. The van der Waals surface area contributed by atoms with Crippen LogP contribution in [0.4, 0.5) is 79.6 Å². The van der Waals surface area contributed by atoms with Gasteiger partial charge in [0.1, 0.15) is 11.5 Å². The minimum Gasteiger partial charge on any atom is -0.458 e. The zero-order valence-corrected chi connectivity index (χ0v) is 55.6. The lowest BCUT2D eigenvalue weighted by atomic mass is 9.30. The summed E-state index contributed by atoms with van der Waals surface area (Å²) < 4.78 is 12.4. The van der Waals surface area contributed by atoms with Crippen molar-refractivity contribution in [3.8, 4) is 33.8 Å². The third-order valence-corrected chi connectivity index (χ3v) is 23.2. The molecule has 10 heteroatoms. The first kappa shape index (κ1) is 56.8. The van der Waals surface area contributed by atoms with Crippen molar-refractivity contribution < 1.29 is 4.74 Å². The van der Waals surface area contributed by atoms with E-state index in [0.29, 0.717) is 0 Å². The molecule has 0 bridgehead atoms. The van der Waals surface area contributed by atoms with Crippen molar-refractivity contribution in [2.75, 3.05) is 24.9 Å². The van der Waals surface area contributed by atoms with Crippen LogP contribution in [0.25, 0.3) is 62.6 Å². The predicted molar refractivity (Wildman–Crippen MR) is 427 cm³/mol. The lowest BCUT2D eigenvalue weighted by Crippen LogP contribution is -2.64. The van der Waals surface area contributed by atoms with E-state index < -0.39 is 0 Å². The van der Waals surface area contributed by atoms with Gasteiger partial charge >= 0.3 is 0 Å². The zero-order chi connectivity index (χ0) is 65.5. The van der Waals surface area contributed by atoms with E-state index in [1.165, 1.54) is 62.2 Å². The number of nitrogens with one attached hydrogen (secondary N) is 1. The molecule has 466 valence electrons. The molecule has 0 radical (unpaired) electrons. The second-order valence-corrected chi connectivity index (χ2v) is 28.4. The number of anilines is 14. The van der Waals surface area contributed by atoms with Gasteiger partial charge in [0, 0.05) is 98.9 Å². The summed E-state index contributed by atoms with van der Waals surface area (Å²) in [6.45, 7) is -0.421. The Bertz CT molecular complexity index is 6170. The molecule has 0 fully saturated rings. The number of fused-ring (bicyclic) bond motifs is 14. The van der Waals surface area contributed by atoms with Crippen LogP contribution in [0.3, 0.4) is 0 Å². The van der Waals surface area contributed by atoms with Crippen LogP contribution in [-0.2, 0) is 0 Å². The monoisotopic (exact) mass is 1310 g/mol. The maximum Gasteiger partial charge on any atom is 0.256 e. The predicted octanol–water partition coefficient (Wildman–Crippen LogP) is 21.5. The van der Waals surface area contributed by atoms with E-state index in [1.807, 2.05) is 22.7 Å². The van der Waals surface area contributed by atoms with E-state index in [1.54, 1.807) is 0 Å². The summed E-state index contributed by atoms with van der Waals surface area (Å²) in [5.74, 6) is 1.70. The van der Waals surface area contributed by atoms with E-state index in [4.69, 9.17) is 4.74 Å². The van der Waals surface area contributed by atoms with Gasteiger partial charge in [-0.05, 0) is 159 Å². The number of para-hydroxylation sites is 7. The second kappa shape index (κ2) is 22.6. The summed E-state index contributed by atoms with van der Waals surface area (Å²) in [5, 5.41) is 8.98. The zero-order valence-electron chi connectivity index (χ0n) is 54.0. The minimum absolute atomic E-state index is 0.208. The van der Waals surface area contributed by atoms with Gasteiger partial charge in [0.05, 0.1) is 32.1 Å². The van der Waals surface area contributed by atoms with E-state index >= 15 is 0 Å². The van der Waals surface area contributed by atoms with Gasteiger partial charge in [-0.2, -0.15) is 0 Å². The van der Waals surface area contributed by atoms with Crippen LogP contribution in [-0.4, -0.2) is 13.4 Å². The first-order valence-electron chi connectivity index (χ1n) is 34.2. The van der Waals surface area contributed by atoms with Gasteiger partial charge in [-0.15, -0.1) is 22.7 Å². The fourth-order valence-corrected chi connectivity index (χ4v) is 19.0. The number of nitrogens with zero attached hydrogens (tertiary/aromatic N) is 4. The number of thiophene rings is 2. The minimum atomic E-state index is -0.213. The van der Waals surface area contributed by atoms with Gasteiger partial charge in [-0.25, -0.2) is 0 Å². The van der Waals surface area contributed by atoms with Crippen molar-refractivity contribution in [1.82, 2.24) is 0 Å². The van der Waals surface area contributed by atoms with Crippen molar-refractivity contribution in [3.05, 3.63) is 340 Å². The maximum absolute atomic E-state index is 7.41. The van der Waals surface area contributed by atoms with E-state index in [0.717, 1.165) is 124 Å². The van der Waals surface area contributed by atoms with Crippen molar-refractivity contribution in [2.45, 2.75) is 0 Å². The van der Waals surface area contributed by atoms with Crippen molar-refractivity contribution in [2.24, 2.45) is 0 Å². The van der Waals surface area contributed by atoms with Crippen LogP contribution >= 0.6 is 22.7 Å². The molecule has 0 unspecified atom stereocenters. The number of benzene rings is 15. The van der Waals surface area contributed by atoms with Crippen LogP contribution in [0.5, 0.6) is 11.5 Å². The Balaban J connectivity index is 0.874. The van der Waals surface area contributed by atoms with Crippen molar-refractivity contribution in [1.29, 1.82) is 0 Å². The molecule has 0 amide bonds. The number of hydrogen-bond acceptors (Lipinski definition) is 8. The molecule has 0 aliphatic carbocycles. The van der Waals surface area contributed by atoms with Crippen molar-refractivity contribution in [3.63, 3.8) is 0 Å². The van der Waals surface area contributed by atoms with Crippen LogP contribution in [0, 0.1) is 0 Å². The van der Waals surface area contributed by atoms with Crippen LogP contribution in [0.1, 0.15) is 0 Å². The highest BCUT2D eigenvalue weighted by atomic mass is 32.1. The standard InChI is InChI=1S/C90H57B2N5OS2/c1-6-27-57(28-7-1)64-37-16-21-43-74(64)97-78-56-77-72(92-71-42-20-23-46-82(71)98-83-52-58(51-79(87(83)92)96(77)62-35-14-5-15-36-62)65-49-50-69-67-39-18-25-48-85(67)100-90(69)88(65)93-59-29-8-2-9-30-59)55-73(78)91-70-41-19-22-44-75(70)95(61-33-12-4-13-34-61)80-53-63(54-81(97)86(80)91)94(60-31-10-3-11-32-60)76-45-26-40-68-66-38-17-24-47-84(66)99-89(68)76/h1-56,93H. The topological polar surface area (TPSA) is 34.2 Å². The summed E-state index contributed by atoms with van der Waals surface area (Å²) in [4.78, 5) is 10.2. The third kappa shape index (κ3) is 8.70. The van der Waals surface area contributed by atoms with Gasteiger partial charge in [-0.1, -0.05) is 224 Å². The molecular formula is C90H57B2N5OS2. The number of hydrogen-bond donors (Lipinski definition) is 1. The summed E-state index contributed by atoms with van der Waals surface area (Å²) >= 11 is 3.71. The first-order chi connectivity index (χ1) is 49.6. The summed E-state index contributed by atoms with van der Waals surface area (Å²) in [6.07, 6.45) is 0. The van der Waals surface area contributed by atoms with Crippen LogP contribution in [0.15, 0.2) is 340 Å². The molecule has 0 saturated carbocycles. The number of ether oxygens (including phenoxy) is 1. The number of rotatable bonds is 10. The Morgan fingerprint density at radius 2 is 0.850 bits per heavy atom. The smallest absolute Gasteiger partial charge is 0.256 e. The van der Waals surface area contributed by atoms with Gasteiger partial charge in [0.15, 0.2) is 0 Å². The lowest BCUT2D eigenvalue weighted by Gasteiger charge is -2.47. The molecule has 4 aliphatic heterocycles. The fraction of sp³-hybridized carbons (Fsp3) is 0. The average molecular weight is 1310 g/mol. The Hall–Kier alpha value is -12.3. The molecule has 15 aromatic carbocycles. The normalized spacial score (nSPS) is 13.0. The molecule has 21 rings (SSSR count). The molecule has 0 saturated heterocycles. The lowest BCUT2D eigenvalue weighted by molar-refractivity contribution is 0.488. The Morgan fingerprint density at radius 3 is 1.58 bits per heavy atom. The van der Waals surface area contributed by atoms with E-state index in [2.05, 4.69) is 365 Å². The Labute approximate surface area is 587 Å². The maximum atomic E-state index is 7.41. The molecule has 4 aliphatic rings. The van der Waals surface area contributed by atoms with Gasteiger partial charge in [0.2, 0.25) is 0 Å². The molecule has 6 heterocycles. The van der Waals surface area contributed by atoms with E-state index in [-0.39, 0.29) is 13.4 Å². The largest absolute Gasteiger partial charge is 0.458 e.